The summed E-state index contributed by atoms with van der Waals surface area (Å²) >= 11 is 0. The number of carboxylic acid groups (broad SMARTS) is 1. The normalized spacial score (nSPS) is 16.2. The molecule has 1 atom stereocenters. The Kier molecular flexibility index (Phi) is 3.57. The largest absolute Gasteiger partial charge is 0.481 e. The fourth-order valence-corrected chi connectivity index (χ4v) is 0.985. The van der Waals surface area contributed by atoms with Crippen molar-refractivity contribution < 1.29 is 23.9 Å². The molecule has 0 aromatic heterocycles. The van der Waals surface area contributed by atoms with E-state index in [1.807, 2.05) is 0 Å². The minimum absolute atomic E-state index is 0.334. The van der Waals surface area contributed by atoms with Crippen LogP contribution in [0, 0.1) is 0 Å². The van der Waals surface area contributed by atoms with E-state index in [1.165, 1.54) is 0 Å². The first kappa shape index (κ1) is 9.62. The molecule has 1 unspecified atom stereocenters. The lowest BCUT2D eigenvalue weighted by Gasteiger charge is -2.04. The number of hydrogen-bond donors (Lipinski definition) is 2. The molecular weight excluding hydrogens is 159 g/mol. The van der Waals surface area contributed by atoms with Crippen molar-refractivity contribution in [1.82, 2.24) is 0 Å². The van der Waals surface area contributed by atoms with E-state index < -0.39 is 13.6 Å². The Bertz CT molecular complexity index is 165. The first-order chi connectivity index (χ1) is 4.48. The summed E-state index contributed by atoms with van der Waals surface area (Å²) < 4.78 is 14.7. The highest BCUT2D eigenvalue weighted by Gasteiger charge is 2.17. The molecule has 60 valence electrons. The third kappa shape index (κ3) is 4.49. The van der Waals surface area contributed by atoms with Crippen LogP contribution in [0.1, 0.15) is 6.42 Å². The average molecular weight is 168 g/mol. The monoisotopic (exact) mass is 168 g/mol. The molecule has 0 radical (unpaired) electrons. The van der Waals surface area contributed by atoms with Gasteiger partial charge in [0.2, 0.25) is 0 Å². The van der Waals surface area contributed by atoms with Crippen LogP contribution in [0.2, 0.25) is 0 Å². The van der Waals surface area contributed by atoms with E-state index in [2.05, 4.69) is 4.52 Å². The van der Waals surface area contributed by atoms with Crippen LogP contribution < -0.4 is 0 Å². The number of carboxylic acids is 1. The highest BCUT2D eigenvalue weighted by Crippen LogP contribution is 2.40. The van der Waals surface area contributed by atoms with Crippen molar-refractivity contribution in [2.75, 3.05) is 13.3 Å². The second-order valence-corrected chi connectivity index (χ2v) is 3.77. The molecule has 0 saturated carbocycles. The van der Waals surface area contributed by atoms with Crippen molar-refractivity contribution in [1.29, 1.82) is 0 Å². The van der Waals surface area contributed by atoms with Crippen LogP contribution in [-0.2, 0) is 13.9 Å². The van der Waals surface area contributed by atoms with E-state index in [0.717, 1.165) is 7.11 Å². The summed E-state index contributed by atoms with van der Waals surface area (Å²) in [4.78, 5) is 18.5. The molecule has 6 heteroatoms. The van der Waals surface area contributed by atoms with Gasteiger partial charge < -0.3 is 14.5 Å². The van der Waals surface area contributed by atoms with Crippen molar-refractivity contribution in [3.8, 4) is 0 Å². The minimum Gasteiger partial charge on any atom is -0.481 e. The van der Waals surface area contributed by atoms with Gasteiger partial charge in [0, 0.05) is 7.11 Å². The summed E-state index contributed by atoms with van der Waals surface area (Å²) in [5.74, 6) is -1.11. The molecule has 0 aliphatic rings. The van der Waals surface area contributed by atoms with Gasteiger partial charge in [-0.25, -0.2) is 0 Å². The van der Waals surface area contributed by atoms with Crippen LogP contribution in [0.25, 0.3) is 0 Å². The zero-order valence-electron chi connectivity index (χ0n) is 5.48. The van der Waals surface area contributed by atoms with E-state index in [-0.39, 0.29) is 12.6 Å². The molecule has 0 rings (SSSR count). The fraction of sp³-hybridized carbons (Fsp3) is 0.750. The third-order valence-corrected chi connectivity index (χ3v) is 2.25. The van der Waals surface area contributed by atoms with Crippen molar-refractivity contribution >= 4 is 13.6 Å². The van der Waals surface area contributed by atoms with Gasteiger partial charge in [-0.3, -0.25) is 9.36 Å². The molecule has 0 fully saturated rings. The molecule has 0 aliphatic heterocycles. The maximum atomic E-state index is 10.6. The second kappa shape index (κ2) is 3.71. The van der Waals surface area contributed by atoms with Crippen LogP contribution in [0.15, 0.2) is 0 Å². The smallest absolute Gasteiger partial charge is 0.328 e. The van der Waals surface area contributed by atoms with Crippen molar-refractivity contribution in [2.24, 2.45) is 0 Å². The first-order valence-corrected chi connectivity index (χ1v) is 4.33. The number of carbonyl (C=O) groups is 1. The predicted octanol–water partition coefficient (Wildman–Crippen LogP) is 0.293. The van der Waals surface area contributed by atoms with E-state index in [1.54, 1.807) is 0 Å². The van der Waals surface area contributed by atoms with Gasteiger partial charge in [0.15, 0.2) is 0 Å². The Morgan fingerprint density at radius 1 is 1.70 bits per heavy atom. The zero-order chi connectivity index (χ0) is 8.20. The maximum absolute atomic E-state index is 10.6. The Morgan fingerprint density at radius 2 is 2.20 bits per heavy atom. The average Bonchev–Trinajstić information content (AvgIpc) is 1.85. The summed E-state index contributed by atoms with van der Waals surface area (Å²) in [5, 5.41) is 8.08. The lowest BCUT2D eigenvalue weighted by atomic mass is 10.5. The van der Waals surface area contributed by atoms with Gasteiger partial charge in [0.1, 0.15) is 0 Å². The number of rotatable bonds is 4. The third-order valence-electron chi connectivity index (χ3n) is 0.894. The molecule has 0 aromatic carbocycles. The van der Waals surface area contributed by atoms with Gasteiger partial charge in [-0.15, -0.1) is 0 Å². The Labute approximate surface area is 58.2 Å². The number of hydrogen-bond acceptors (Lipinski definition) is 3. The van der Waals surface area contributed by atoms with Crippen LogP contribution in [-0.4, -0.2) is 29.2 Å². The van der Waals surface area contributed by atoms with Crippen LogP contribution in [0.3, 0.4) is 0 Å². The molecule has 10 heavy (non-hydrogen) atoms. The lowest BCUT2D eigenvalue weighted by Crippen LogP contribution is -2.00. The van der Waals surface area contributed by atoms with Crippen LogP contribution in [0.5, 0.6) is 0 Å². The zero-order valence-corrected chi connectivity index (χ0v) is 6.38. The van der Waals surface area contributed by atoms with Crippen molar-refractivity contribution in [3.05, 3.63) is 0 Å². The highest BCUT2D eigenvalue weighted by atomic mass is 31.2. The summed E-state index contributed by atoms with van der Waals surface area (Å²) in [6.07, 6.45) is -0.680. The predicted molar refractivity (Wildman–Crippen MR) is 34.0 cm³/mol. The quantitative estimate of drug-likeness (QED) is 0.589. The second-order valence-electron chi connectivity index (χ2n) is 1.69. The van der Waals surface area contributed by atoms with Gasteiger partial charge in [-0.1, -0.05) is 0 Å². The molecule has 2 N–H and O–H groups in total. The van der Waals surface area contributed by atoms with Crippen molar-refractivity contribution in [2.45, 2.75) is 6.42 Å². The molecule has 0 bridgehead atoms. The Hall–Kier alpha value is -0.380. The molecule has 0 aromatic rings. The fourth-order valence-electron chi connectivity index (χ4n) is 0.328. The first-order valence-electron chi connectivity index (χ1n) is 2.57. The molecule has 0 spiro atoms. The standard InChI is InChI=1S/C4H9O5P/c1-9-10(7,8)3-2-4(5)6/h2-3H2,1H3,(H,5,6)(H,7,8). The Balaban J connectivity index is 3.68. The summed E-state index contributed by atoms with van der Waals surface area (Å²) in [7, 11) is -2.54. The van der Waals surface area contributed by atoms with Gasteiger partial charge >= 0.3 is 13.6 Å². The van der Waals surface area contributed by atoms with Crippen molar-refractivity contribution in [3.63, 3.8) is 0 Å². The van der Waals surface area contributed by atoms with Gasteiger partial charge in [0.25, 0.3) is 0 Å². The molecule has 5 nitrogen and oxygen atoms in total. The molecule has 0 aliphatic carbocycles. The van der Waals surface area contributed by atoms with Crippen LogP contribution >= 0.6 is 7.60 Å². The SMILES string of the molecule is COP(=O)(O)CCC(=O)O. The van der Waals surface area contributed by atoms with Crippen LogP contribution in [0.4, 0.5) is 0 Å². The van der Waals surface area contributed by atoms with E-state index in [0.29, 0.717) is 0 Å². The van der Waals surface area contributed by atoms with E-state index >= 15 is 0 Å². The Morgan fingerprint density at radius 3 is 2.50 bits per heavy atom. The molecule has 0 saturated heterocycles. The van der Waals surface area contributed by atoms with Gasteiger partial charge in [0.05, 0.1) is 12.6 Å². The lowest BCUT2D eigenvalue weighted by molar-refractivity contribution is -0.136. The van der Waals surface area contributed by atoms with Gasteiger partial charge in [-0.05, 0) is 0 Å². The van der Waals surface area contributed by atoms with E-state index in [4.69, 9.17) is 10.00 Å². The summed E-state index contributed by atoms with van der Waals surface area (Å²) in [5.41, 5.74) is 0. The maximum Gasteiger partial charge on any atom is 0.328 e. The summed E-state index contributed by atoms with van der Waals surface area (Å²) in [6, 6.07) is 0. The number of aliphatic carboxylic acids is 1. The molecule has 0 amide bonds. The molecule has 0 heterocycles. The van der Waals surface area contributed by atoms with E-state index in [9.17, 15) is 9.36 Å². The topological polar surface area (TPSA) is 83.8 Å². The molecular formula is C4H9O5P. The minimum atomic E-state index is -3.61. The summed E-state index contributed by atoms with van der Waals surface area (Å²) in [6.45, 7) is 0. The van der Waals surface area contributed by atoms with Gasteiger partial charge in [-0.2, -0.15) is 0 Å². The highest BCUT2D eigenvalue weighted by molar-refractivity contribution is 7.52.